The van der Waals surface area contributed by atoms with Crippen molar-refractivity contribution < 1.29 is 22.7 Å². The fraction of sp³-hybridized carbons (Fsp3) is 0.562. The lowest BCUT2D eigenvalue weighted by Gasteiger charge is -2.39. The van der Waals surface area contributed by atoms with E-state index in [1.165, 1.54) is 0 Å². The summed E-state index contributed by atoms with van der Waals surface area (Å²) in [6, 6.07) is 4.64. The molecule has 23 heavy (non-hydrogen) atoms. The molecule has 0 aromatic heterocycles. The molecule has 0 saturated carbocycles. The summed E-state index contributed by atoms with van der Waals surface area (Å²) in [6.07, 6.45) is -4.36. The Hall–Kier alpha value is -1.76. The second-order valence-corrected chi connectivity index (χ2v) is 5.69. The molecule has 2 N–H and O–H groups in total. The molecule has 4 nitrogen and oxygen atoms in total. The Kier molecular flexibility index (Phi) is 5.51. The van der Waals surface area contributed by atoms with E-state index in [0.717, 1.165) is 4.90 Å². The monoisotopic (exact) mass is 330 g/mol. The maximum atomic E-state index is 13.1. The Morgan fingerprint density at radius 1 is 1.30 bits per heavy atom. The summed E-state index contributed by atoms with van der Waals surface area (Å²) in [5.41, 5.74) is 6.39. The molecule has 1 amide bonds. The Balaban J connectivity index is 2.07. The zero-order valence-electron chi connectivity index (χ0n) is 13.0. The molecule has 0 radical (unpaired) electrons. The van der Waals surface area contributed by atoms with Crippen LogP contribution in [-0.4, -0.2) is 42.2 Å². The molecule has 2 atom stereocenters. The molecule has 1 aromatic rings. The van der Waals surface area contributed by atoms with Crippen molar-refractivity contribution in [1.82, 2.24) is 4.90 Å². The van der Waals surface area contributed by atoms with Crippen LogP contribution in [-0.2, 0) is 11.2 Å². The number of carbonyl (C=O) groups is 1. The first-order valence-corrected chi connectivity index (χ1v) is 7.64. The highest BCUT2D eigenvalue weighted by atomic mass is 19.4. The fourth-order valence-corrected chi connectivity index (χ4v) is 2.76. The Morgan fingerprint density at radius 2 is 1.96 bits per heavy atom. The minimum absolute atomic E-state index is 0.0555. The molecule has 0 spiro atoms. The molecule has 1 aromatic carbocycles. The molecule has 0 aliphatic carbocycles. The van der Waals surface area contributed by atoms with Crippen LogP contribution in [0.4, 0.5) is 13.2 Å². The van der Waals surface area contributed by atoms with Gasteiger partial charge < -0.3 is 15.4 Å². The summed E-state index contributed by atoms with van der Waals surface area (Å²) in [7, 11) is 0. The predicted octanol–water partition coefficient (Wildman–Crippen LogP) is 2.51. The number of halogens is 3. The van der Waals surface area contributed by atoms with Crippen molar-refractivity contribution >= 4 is 5.91 Å². The SMILES string of the molecule is CCOc1ccc(CC(=O)N2C[C@H](N)CC[C@H]2C(F)(F)F)cc1. The molecule has 128 valence electrons. The lowest BCUT2D eigenvalue weighted by molar-refractivity contribution is -0.196. The third kappa shape index (κ3) is 4.60. The van der Waals surface area contributed by atoms with Crippen LogP contribution in [0.5, 0.6) is 5.75 Å². The van der Waals surface area contributed by atoms with Gasteiger partial charge in [-0.2, -0.15) is 13.2 Å². The van der Waals surface area contributed by atoms with E-state index in [-0.39, 0.29) is 25.8 Å². The van der Waals surface area contributed by atoms with Gasteiger partial charge in [-0.05, 0) is 37.5 Å². The van der Waals surface area contributed by atoms with E-state index in [2.05, 4.69) is 0 Å². The number of piperidine rings is 1. The third-order valence-electron chi connectivity index (χ3n) is 3.91. The van der Waals surface area contributed by atoms with Gasteiger partial charge in [-0.3, -0.25) is 4.79 Å². The van der Waals surface area contributed by atoms with Gasteiger partial charge in [-0.25, -0.2) is 0 Å². The van der Waals surface area contributed by atoms with E-state index < -0.39 is 24.2 Å². The summed E-state index contributed by atoms with van der Waals surface area (Å²) in [5.74, 6) is 0.114. The van der Waals surface area contributed by atoms with Crippen LogP contribution in [0.25, 0.3) is 0 Å². The molecule has 7 heteroatoms. The van der Waals surface area contributed by atoms with E-state index in [1.54, 1.807) is 24.3 Å². The minimum atomic E-state index is -4.42. The number of rotatable bonds is 4. The first-order valence-electron chi connectivity index (χ1n) is 7.64. The molecule has 0 unspecified atom stereocenters. The van der Waals surface area contributed by atoms with Crippen molar-refractivity contribution in [2.75, 3.05) is 13.2 Å². The van der Waals surface area contributed by atoms with Crippen LogP contribution in [0.15, 0.2) is 24.3 Å². The normalized spacial score (nSPS) is 22.0. The van der Waals surface area contributed by atoms with Gasteiger partial charge in [0.25, 0.3) is 0 Å². The maximum Gasteiger partial charge on any atom is 0.408 e. The van der Waals surface area contributed by atoms with Gasteiger partial charge in [-0.15, -0.1) is 0 Å². The number of nitrogens with zero attached hydrogens (tertiary/aromatic N) is 1. The average Bonchev–Trinajstić information content (AvgIpc) is 2.48. The predicted molar refractivity (Wildman–Crippen MR) is 80.1 cm³/mol. The first kappa shape index (κ1) is 17.6. The average molecular weight is 330 g/mol. The molecule has 1 fully saturated rings. The number of amides is 1. The summed E-state index contributed by atoms with van der Waals surface area (Å²) < 4.78 is 44.6. The van der Waals surface area contributed by atoms with E-state index in [1.807, 2.05) is 6.92 Å². The van der Waals surface area contributed by atoms with Crippen molar-refractivity contribution in [2.45, 2.75) is 44.4 Å². The smallest absolute Gasteiger partial charge is 0.408 e. The van der Waals surface area contributed by atoms with Gasteiger partial charge >= 0.3 is 6.18 Å². The quantitative estimate of drug-likeness (QED) is 0.923. The Labute approximate surface area is 133 Å². The van der Waals surface area contributed by atoms with Gasteiger partial charge in [0.1, 0.15) is 11.8 Å². The van der Waals surface area contributed by atoms with E-state index in [9.17, 15) is 18.0 Å². The highest BCUT2D eigenvalue weighted by Gasteiger charge is 2.47. The van der Waals surface area contributed by atoms with Crippen molar-refractivity contribution in [3.63, 3.8) is 0 Å². The lowest BCUT2D eigenvalue weighted by atomic mass is 9.97. The number of likely N-dealkylation sites (tertiary alicyclic amines) is 1. The molecular formula is C16H21F3N2O2. The number of hydrogen-bond acceptors (Lipinski definition) is 3. The molecule has 1 aliphatic rings. The summed E-state index contributed by atoms with van der Waals surface area (Å²) in [4.78, 5) is 13.2. The maximum absolute atomic E-state index is 13.1. The molecule has 0 bridgehead atoms. The number of alkyl halides is 3. The molecule has 1 saturated heterocycles. The Bertz CT molecular complexity index is 531. The first-order chi connectivity index (χ1) is 10.8. The van der Waals surface area contributed by atoms with Gasteiger partial charge in [0, 0.05) is 12.6 Å². The molecule has 1 heterocycles. The highest BCUT2D eigenvalue weighted by Crippen LogP contribution is 2.32. The number of ether oxygens (including phenoxy) is 1. The summed E-state index contributed by atoms with van der Waals surface area (Å²) in [6.45, 7) is 2.32. The van der Waals surface area contributed by atoms with E-state index in [4.69, 9.17) is 10.5 Å². The third-order valence-corrected chi connectivity index (χ3v) is 3.91. The lowest BCUT2D eigenvalue weighted by Crippen LogP contribution is -2.57. The highest BCUT2D eigenvalue weighted by molar-refractivity contribution is 5.79. The van der Waals surface area contributed by atoms with Crippen molar-refractivity contribution in [1.29, 1.82) is 0 Å². The standard InChI is InChI=1S/C16H21F3N2O2/c1-2-23-13-6-3-11(4-7-13)9-15(22)21-10-12(20)5-8-14(21)16(17,18)19/h3-4,6-7,12,14H,2,5,8-10,20H2,1H3/t12-,14+/m1/s1. The topological polar surface area (TPSA) is 55.6 Å². The summed E-state index contributed by atoms with van der Waals surface area (Å²) in [5, 5.41) is 0. The van der Waals surface area contributed by atoms with Crippen LogP contribution in [0.3, 0.4) is 0 Å². The number of nitrogens with two attached hydrogens (primary N) is 1. The fourth-order valence-electron chi connectivity index (χ4n) is 2.76. The zero-order valence-corrected chi connectivity index (χ0v) is 13.0. The van der Waals surface area contributed by atoms with Crippen molar-refractivity contribution in [2.24, 2.45) is 5.73 Å². The van der Waals surface area contributed by atoms with Crippen LogP contribution in [0.2, 0.25) is 0 Å². The number of carbonyl (C=O) groups excluding carboxylic acids is 1. The van der Waals surface area contributed by atoms with E-state index >= 15 is 0 Å². The number of hydrogen-bond donors (Lipinski definition) is 1. The van der Waals surface area contributed by atoms with Gasteiger partial charge in [0.15, 0.2) is 0 Å². The Morgan fingerprint density at radius 3 is 2.52 bits per heavy atom. The zero-order chi connectivity index (χ0) is 17.0. The van der Waals surface area contributed by atoms with Crippen LogP contribution < -0.4 is 10.5 Å². The van der Waals surface area contributed by atoms with Crippen molar-refractivity contribution in [3.05, 3.63) is 29.8 Å². The second-order valence-electron chi connectivity index (χ2n) is 5.69. The second kappa shape index (κ2) is 7.21. The van der Waals surface area contributed by atoms with Crippen molar-refractivity contribution in [3.8, 4) is 5.75 Å². The molecular weight excluding hydrogens is 309 g/mol. The minimum Gasteiger partial charge on any atom is -0.494 e. The van der Waals surface area contributed by atoms with Gasteiger partial charge in [-0.1, -0.05) is 12.1 Å². The molecule has 1 aliphatic heterocycles. The van der Waals surface area contributed by atoms with Crippen LogP contribution >= 0.6 is 0 Å². The van der Waals surface area contributed by atoms with Crippen LogP contribution in [0.1, 0.15) is 25.3 Å². The summed E-state index contributed by atoms with van der Waals surface area (Å²) >= 11 is 0. The van der Waals surface area contributed by atoms with Gasteiger partial charge in [0.2, 0.25) is 5.91 Å². The number of benzene rings is 1. The van der Waals surface area contributed by atoms with Crippen LogP contribution in [0, 0.1) is 0 Å². The van der Waals surface area contributed by atoms with E-state index in [0.29, 0.717) is 17.9 Å². The molecule has 2 rings (SSSR count). The van der Waals surface area contributed by atoms with Gasteiger partial charge in [0.05, 0.1) is 13.0 Å². The largest absolute Gasteiger partial charge is 0.494 e.